The fraction of sp³-hybridized carbons (Fsp3) is 0.632. The van der Waals surface area contributed by atoms with Crippen LogP contribution in [0.4, 0.5) is 0 Å². The monoisotopic (exact) mass is 329 g/mol. The predicted molar refractivity (Wildman–Crippen MR) is 92.2 cm³/mol. The van der Waals surface area contributed by atoms with Gasteiger partial charge in [-0.05, 0) is 50.2 Å². The van der Waals surface area contributed by atoms with Gasteiger partial charge in [-0.2, -0.15) is 0 Å². The summed E-state index contributed by atoms with van der Waals surface area (Å²) in [5.41, 5.74) is 2.11. The summed E-state index contributed by atoms with van der Waals surface area (Å²) in [6.07, 6.45) is 8.21. The van der Waals surface area contributed by atoms with E-state index in [9.17, 15) is 9.59 Å². The van der Waals surface area contributed by atoms with Crippen LogP contribution in [0.2, 0.25) is 0 Å². The standard InChI is InChI=1S/C19H27N3O2/c1-14-6-5-11-20-18(14)19(15-8-9-15)21-16(23)10-13-22-12-4-2-3-7-17(22)24/h5-6,11,15,19H,2-4,7-10,12-13H2,1H3,(H,21,23)/t19-/m0/s1. The Morgan fingerprint density at radius 1 is 1.38 bits per heavy atom. The Labute approximate surface area is 143 Å². The smallest absolute Gasteiger partial charge is 0.222 e. The first-order valence-corrected chi connectivity index (χ1v) is 9.14. The first-order chi connectivity index (χ1) is 11.6. The van der Waals surface area contributed by atoms with Crippen LogP contribution in [0.15, 0.2) is 18.3 Å². The number of carbonyl (C=O) groups is 2. The second kappa shape index (κ2) is 7.77. The first-order valence-electron chi connectivity index (χ1n) is 9.14. The van der Waals surface area contributed by atoms with Crippen molar-refractivity contribution in [2.75, 3.05) is 13.1 Å². The number of hydrogen-bond donors (Lipinski definition) is 1. The van der Waals surface area contributed by atoms with Crippen molar-refractivity contribution < 1.29 is 9.59 Å². The molecule has 1 N–H and O–H groups in total. The zero-order valence-corrected chi connectivity index (χ0v) is 14.5. The van der Waals surface area contributed by atoms with Gasteiger partial charge in [0.25, 0.3) is 0 Å². The van der Waals surface area contributed by atoms with Crippen LogP contribution in [0.3, 0.4) is 0 Å². The summed E-state index contributed by atoms with van der Waals surface area (Å²) in [5.74, 6) is 0.719. The molecule has 1 saturated heterocycles. The molecule has 1 aromatic rings. The lowest BCUT2D eigenvalue weighted by Gasteiger charge is -2.22. The van der Waals surface area contributed by atoms with Gasteiger partial charge in [0.1, 0.15) is 0 Å². The van der Waals surface area contributed by atoms with E-state index >= 15 is 0 Å². The molecular weight excluding hydrogens is 302 g/mol. The zero-order chi connectivity index (χ0) is 16.9. The van der Waals surface area contributed by atoms with Crippen LogP contribution in [0.1, 0.15) is 62.2 Å². The highest BCUT2D eigenvalue weighted by atomic mass is 16.2. The third-order valence-corrected chi connectivity index (χ3v) is 5.03. The van der Waals surface area contributed by atoms with Gasteiger partial charge < -0.3 is 10.2 Å². The van der Waals surface area contributed by atoms with Gasteiger partial charge in [-0.15, -0.1) is 0 Å². The second-order valence-electron chi connectivity index (χ2n) is 7.03. The maximum absolute atomic E-state index is 12.4. The SMILES string of the molecule is Cc1cccnc1[C@@H](NC(=O)CCN1CCCCCC1=O)C1CC1. The summed E-state index contributed by atoms with van der Waals surface area (Å²) >= 11 is 0. The molecule has 0 spiro atoms. The number of pyridine rings is 1. The van der Waals surface area contributed by atoms with Crippen molar-refractivity contribution in [3.63, 3.8) is 0 Å². The molecule has 1 aliphatic carbocycles. The molecule has 1 saturated carbocycles. The van der Waals surface area contributed by atoms with Crippen LogP contribution in [0.5, 0.6) is 0 Å². The van der Waals surface area contributed by atoms with Gasteiger partial charge in [-0.3, -0.25) is 14.6 Å². The molecule has 24 heavy (non-hydrogen) atoms. The average molecular weight is 329 g/mol. The van der Waals surface area contributed by atoms with Crippen LogP contribution < -0.4 is 5.32 Å². The molecule has 1 aliphatic heterocycles. The number of carbonyl (C=O) groups excluding carboxylic acids is 2. The van der Waals surface area contributed by atoms with Crippen molar-refractivity contribution >= 4 is 11.8 Å². The fourth-order valence-electron chi connectivity index (χ4n) is 3.42. The van der Waals surface area contributed by atoms with Crippen molar-refractivity contribution in [1.82, 2.24) is 15.2 Å². The molecule has 1 aromatic heterocycles. The number of hydrogen-bond acceptors (Lipinski definition) is 3. The van der Waals surface area contributed by atoms with Crippen molar-refractivity contribution in [2.45, 2.75) is 57.9 Å². The fourth-order valence-corrected chi connectivity index (χ4v) is 3.42. The lowest BCUT2D eigenvalue weighted by Crippen LogP contribution is -2.36. The van der Waals surface area contributed by atoms with Crippen molar-refractivity contribution in [3.8, 4) is 0 Å². The Morgan fingerprint density at radius 2 is 2.21 bits per heavy atom. The van der Waals surface area contributed by atoms with Crippen LogP contribution in [0, 0.1) is 12.8 Å². The van der Waals surface area contributed by atoms with Gasteiger partial charge in [0.05, 0.1) is 11.7 Å². The highest BCUT2D eigenvalue weighted by Gasteiger charge is 2.35. The molecule has 0 radical (unpaired) electrons. The maximum atomic E-state index is 12.4. The average Bonchev–Trinajstić information content (AvgIpc) is 3.40. The van der Waals surface area contributed by atoms with Crippen LogP contribution in [-0.4, -0.2) is 34.8 Å². The minimum Gasteiger partial charge on any atom is -0.347 e. The first kappa shape index (κ1) is 16.9. The molecule has 2 aliphatic rings. The largest absolute Gasteiger partial charge is 0.347 e. The third kappa shape index (κ3) is 4.34. The molecule has 0 unspecified atom stereocenters. The van der Waals surface area contributed by atoms with E-state index in [0.29, 0.717) is 25.3 Å². The van der Waals surface area contributed by atoms with Gasteiger partial charge in [-0.25, -0.2) is 0 Å². The van der Waals surface area contributed by atoms with E-state index in [1.165, 1.54) is 0 Å². The Bertz CT molecular complexity index is 598. The molecular formula is C19H27N3O2. The lowest BCUT2D eigenvalue weighted by atomic mass is 10.0. The number of rotatable bonds is 6. The van der Waals surface area contributed by atoms with Crippen LogP contribution in [0.25, 0.3) is 0 Å². The number of aromatic nitrogens is 1. The van der Waals surface area contributed by atoms with Crippen molar-refractivity contribution in [1.29, 1.82) is 0 Å². The topological polar surface area (TPSA) is 62.3 Å². The molecule has 2 amide bonds. The van der Waals surface area contributed by atoms with E-state index in [2.05, 4.69) is 10.3 Å². The summed E-state index contributed by atoms with van der Waals surface area (Å²) < 4.78 is 0. The molecule has 1 atom stereocenters. The summed E-state index contributed by atoms with van der Waals surface area (Å²) in [4.78, 5) is 30.8. The highest BCUT2D eigenvalue weighted by Crippen LogP contribution is 2.41. The van der Waals surface area contributed by atoms with E-state index in [4.69, 9.17) is 0 Å². The lowest BCUT2D eigenvalue weighted by molar-refractivity contribution is -0.131. The van der Waals surface area contributed by atoms with Gasteiger partial charge in [0.2, 0.25) is 11.8 Å². The van der Waals surface area contributed by atoms with Crippen LogP contribution >= 0.6 is 0 Å². The molecule has 130 valence electrons. The van der Waals surface area contributed by atoms with E-state index in [1.54, 1.807) is 6.20 Å². The summed E-state index contributed by atoms with van der Waals surface area (Å²) in [5, 5.41) is 3.17. The Kier molecular flexibility index (Phi) is 5.48. The number of aryl methyl sites for hydroxylation is 1. The van der Waals surface area contributed by atoms with Gasteiger partial charge in [-0.1, -0.05) is 12.5 Å². The summed E-state index contributed by atoms with van der Waals surface area (Å²) in [6.45, 7) is 3.36. The Hall–Kier alpha value is -1.91. The van der Waals surface area contributed by atoms with Gasteiger partial charge >= 0.3 is 0 Å². The van der Waals surface area contributed by atoms with Crippen LogP contribution in [-0.2, 0) is 9.59 Å². The third-order valence-electron chi connectivity index (χ3n) is 5.03. The number of likely N-dealkylation sites (tertiary alicyclic amines) is 1. The zero-order valence-electron chi connectivity index (χ0n) is 14.5. The van der Waals surface area contributed by atoms with Gasteiger partial charge in [0.15, 0.2) is 0 Å². The van der Waals surface area contributed by atoms with E-state index in [1.807, 2.05) is 24.0 Å². The Balaban J connectivity index is 1.56. The van der Waals surface area contributed by atoms with E-state index in [0.717, 1.165) is 49.9 Å². The quantitative estimate of drug-likeness (QED) is 0.873. The van der Waals surface area contributed by atoms with Crippen molar-refractivity contribution in [3.05, 3.63) is 29.6 Å². The molecule has 3 rings (SSSR count). The van der Waals surface area contributed by atoms with Gasteiger partial charge in [0, 0.05) is 32.1 Å². The number of nitrogens with zero attached hydrogens (tertiary/aromatic N) is 2. The Morgan fingerprint density at radius 3 is 2.96 bits per heavy atom. The summed E-state index contributed by atoms with van der Waals surface area (Å²) in [6, 6.07) is 3.98. The maximum Gasteiger partial charge on any atom is 0.222 e. The second-order valence-corrected chi connectivity index (χ2v) is 7.03. The molecule has 0 bridgehead atoms. The normalized spacial score (nSPS) is 19.7. The number of amides is 2. The minimum atomic E-state index is 0.0125. The molecule has 5 heteroatoms. The summed E-state index contributed by atoms with van der Waals surface area (Å²) in [7, 11) is 0. The molecule has 2 fully saturated rings. The molecule has 0 aromatic carbocycles. The van der Waals surface area contributed by atoms with E-state index in [-0.39, 0.29) is 17.9 Å². The highest BCUT2D eigenvalue weighted by molar-refractivity contribution is 5.79. The number of nitrogens with one attached hydrogen (secondary N) is 1. The predicted octanol–water partition coefficient (Wildman–Crippen LogP) is 2.75. The van der Waals surface area contributed by atoms with E-state index < -0.39 is 0 Å². The molecule has 2 heterocycles. The molecule has 5 nitrogen and oxygen atoms in total. The van der Waals surface area contributed by atoms with Crippen molar-refractivity contribution in [2.24, 2.45) is 5.92 Å². The minimum absolute atomic E-state index is 0.0125.